The highest BCUT2D eigenvalue weighted by molar-refractivity contribution is 5.25. The van der Waals surface area contributed by atoms with Crippen molar-refractivity contribution < 1.29 is 18.6 Å². The van der Waals surface area contributed by atoms with Gasteiger partial charge in [0, 0.05) is 0 Å². The molecule has 0 spiro atoms. The van der Waals surface area contributed by atoms with Crippen LogP contribution in [-0.4, -0.2) is 17.8 Å². The van der Waals surface area contributed by atoms with E-state index in [0.717, 1.165) is 18.9 Å². The standard InChI is InChI=1S/C14H18F2O2/c15-12-6-3-7-13(14(12)16)18-9-11(17)8-10-4-1-2-5-10/h3,6-7,10-11,17H,1-2,4-5,8-9H2. The Morgan fingerprint density at radius 3 is 2.72 bits per heavy atom. The van der Waals surface area contributed by atoms with Gasteiger partial charge in [0.1, 0.15) is 6.61 Å². The van der Waals surface area contributed by atoms with E-state index in [1.54, 1.807) is 0 Å². The van der Waals surface area contributed by atoms with Crippen LogP contribution in [0.3, 0.4) is 0 Å². The summed E-state index contributed by atoms with van der Waals surface area (Å²) < 4.78 is 31.3. The first-order valence-corrected chi connectivity index (χ1v) is 6.41. The summed E-state index contributed by atoms with van der Waals surface area (Å²) >= 11 is 0. The minimum absolute atomic E-state index is 0.0108. The van der Waals surface area contributed by atoms with Crippen molar-refractivity contribution >= 4 is 0 Å². The van der Waals surface area contributed by atoms with E-state index in [-0.39, 0.29) is 12.4 Å². The molecule has 0 bridgehead atoms. The highest BCUT2D eigenvalue weighted by Crippen LogP contribution is 2.28. The van der Waals surface area contributed by atoms with Crippen LogP contribution in [0.25, 0.3) is 0 Å². The maximum absolute atomic E-state index is 13.3. The van der Waals surface area contributed by atoms with Gasteiger partial charge in [-0.2, -0.15) is 4.39 Å². The zero-order valence-corrected chi connectivity index (χ0v) is 10.2. The smallest absolute Gasteiger partial charge is 0.200 e. The summed E-state index contributed by atoms with van der Waals surface area (Å²) in [6, 6.07) is 3.79. The lowest BCUT2D eigenvalue weighted by Gasteiger charge is -2.16. The number of halogens is 2. The number of hydrogen-bond acceptors (Lipinski definition) is 2. The minimum Gasteiger partial charge on any atom is -0.488 e. The van der Waals surface area contributed by atoms with Crippen LogP contribution in [0.5, 0.6) is 5.75 Å². The lowest BCUT2D eigenvalue weighted by atomic mass is 10.0. The molecule has 0 aromatic heterocycles. The summed E-state index contributed by atoms with van der Waals surface area (Å²) in [7, 11) is 0. The molecule has 100 valence electrons. The van der Waals surface area contributed by atoms with Crippen LogP contribution in [0.1, 0.15) is 32.1 Å². The van der Waals surface area contributed by atoms with Crippen molar-refractivity contribution in [3.05, 3.63) is 29.8 Å². The first kappa shape index (κ1) is 13.3. The molecule has 18 heavy (non-hydrogen) atoms. The van der Waals surface area contributed by atoms with Crippen molar-refractivity contribution in [3.8, 4) is 5.75 Å². The Labute approximate surface area is 106 Å². The Morgan fingerprint density at radius 1 is 1.28 bits per heavy atom. The predicted octanol–water partition coefficient (Wildman–Crippen LogP) is 3.28. The SMILES string of the molecule is OC(COc1cccc(F)c1F)CC1CCCC1. The molecule has 1 aromatic rings. The van der Waals surface area contributed by atoms with Crippen molar-refractivity contribution in [1.82, 2.24) is 0 Å². The van der Waals surface area contributed by atoms with Gasteiger partial charge in [0.05, 0.1) is 6.10 Å². The largest absolute Gasteiger partial charge is 0.488 e. The second-order valence-electron chi connectivity index (χ2n) is 4.90. The van der Waals surface area contributed by atoms with E-state index in [1.165, 1.54) is 25.0 Å². The number of rotatable bonds is 5. The van der Waals surface area contributed by atoms with Gasteiger partial charge < -0.3 is 9.84 Å². The van der Waals surface area contributed by atoms with Crippen molar-refractivity contribution in [3.63, 3.8) is 0 Å². The molecular weight excluding hydrogens is 238 g/mol. The second kappa shape index (κ2) is 6.14. The molecule has 1 saturated carbocycles. The first-order chi connectivity index (χ1) is 8.66. The highest BCUT2D eigenvalue weighted by Gasteiger charge is 2.19. The van der Waals surface area contributed by atoms with E-state index < -0.39 is 17.7 Å². The third kappa shape index (κ3) is 3.42. The van der Waals surface area contributed by atoms with E-state index in [2.05, 4.69) is 0 Å². The fraction of sp³-hybridized carbons (Fsp3) is 0.571. The lowest BCUT2D eigenvalue weighted by molar-refractivity contribution is 0.0833. The number of ether oxygens (including phenoxy) is 1. The molecule has 0 saturated heterocycles. The zero-order valence-electron chi connectivity index (χ0n) is 10.2. The van der Waals surface area contributed by atoms with Crippen molar-refractivity contribution in [1.29, 1.82) is 0 Å². The van der Waals surface area contributed by atoms with E-state index in [1.807, 2.05) is 0 Å². The summed E-state index contributed by atoms with van der Waals surface area (Å²) in [4.78, 5) is 0. The normalized spacial score (nSPS) is 17.9. The number of aliphatic hydroxyl groups is 1. The highest BCUT2D eigenvalue weighted by atomic mass is 19.2. The van der Waals surface area contributed by atoms with E-state index in [0.29, 0.717) is 12.3 Å². The van der Waals surface area contributed by atoms with Gasteiger partial charge in [-0.05, 0) is 24.5 Å². The molecular formula is C14H18F2O2. The summed E-state index contributed by atoms with van der Waals surface area (Å²) in [6.07, 6.45) is 4.79. The van der Waals surface area contributed by atoms with Crippen LogP contribution in [-0.2, 0) is 0 Å². The van der Waals surface area contributed by atoms with E-state index in [9.17, 15) is 13.9 Å². The molecule has 1 aromatic carbocycles. The van der Waals surface area contributed by atoms with Crippen molar-refractivity contribution in [2.45, 2.75) is 38.2 Å². The molecule has 1 fully saturated rings. The maximum Gasteiger partial charge on any atom is 0.200 e. The number of hydrogen-bond donors (Lipinski definition) is 1. The first-order valence-electron chi connectivity index (χ1n) is 6.41. The van der Waals surface area contributed by atoms with Gasteiger partial charge in [0.15, 0.2) is 11.6 Å². The average molecular weight is 256 g/mol. The van der Waals surface area contributed by atoms with Crippen LogP contribution in [0.15, 0.2) is 18.2 Å². The van der Waals surface area contributed by atoms with Gasteiger partial charge >= 0.3 is 0 Å². The molecule has 1 atom stereocenters. The van der Waals surface area contributed by atoms with Gasteiger partial charge in [-0.25, -0.2) is 4.39 Å². The Hall–Kier alpha value is -1.16. The molecule has 0 aliphatic heterocycles. The number of aliphatic hydroxyl groups excluding tert-OH is 1. The van der Waals surface area contributed by atoms with Crippen molar-refractivity contribution in [2.75, 3.05) is 6.61 Å². The molecule has 1 aliphatic rings. The summed E-state index contributed by atoms with van der Waals surface area (Å²) in [5, 5.41) is 9.79. The lowest BCUT2D eigenvalue weighted by Crippen LogP contribution is -2.20. The molecule has 1 N–H and O–H groups in total. The monoisotopic (exact) mass is 256 g/mol. The van der Waals surface area contributed by atoms with Gasteiger partial charge in [-0.1, -0.05) is 31.7 Å². The molecule has 0 heterocycles. The average Bonchev–Trinajstić information content (AvgIpc) is 2.84. The Kier molecular flexibility index (Phi) is 4.53. The van der Waals surface area contributed by atoms with Crippen molar-refractivity contribution in [2.24, 2.45) is 5.92 Å². The van der Waals surface area contributed by atoms with E-state index in [4.69, 9.17) is 4.74 Å². The summed E-state index contributed by atoms with van der Waals surface area (Å²) in [5.74, 6) is -1.52. The zero-order chi connectivity index (χ0) is 13.0. The van der Waals surface area contributed by atoms with Crippen LogP contribution in [0.4, 0.5) is 8.78 Å². The molecule has 2 nitrogen and oxygen atoms in total. The topological polar surface area (TPSA) is 29.5 Å². The summed E-state index contributed by atoms with van der Waals surface area (Å²) in [6.45, 7) is 0.0108. The molecule has 0 radical (unpaired) electrons. The number of benzene rings is 1. The molecule has 0 amide bonds. The minimum atomic E-state index is -0.995. The fourth-order valence-electron chi connectivity index (χ4n) is 2.48. The van der Waals surface area contributed by atoms with Gasteiger partial charge in [-0.15, -0.1) is 0 Å². The molecule has 1 aliphatic carbocycles. The predicted molar refractivity (Wildman–Crippen MR) is 64.4 cm³/mol. The third-order valence-electron chi connectivity index (χ3n) is 3.43. The van der Waals surface area contributed by atoms with Gasteiger partial charge in [0.25, 0.3) is 0 Å². The van der Waals surface area contributed by atoms with Crippen LogP contribution in [0, 0.1) is 17.6 Å². The van der Waals surface area contributed by atoms with Crippen LogP contribution < -0.4 is 4.74 Å². The quantitative estimate of drug-likeness (QED) is 0.876. The van der Waals surface area contributed by atoms with Gasteiger partial charge in [0.2, 0.25) is 5.82 Å². The van der Waals surface area contributed by atoms with Crippen LogP contribution in [0.2, 0.25) is 0 Å². The Morgan fingerprint density at radius 2 is 2.00 bits per heavy atom. The maximum atomic E-state index is 13.3. The molecule has 4 heteroatoms. The fourth-order valence-corrected chi connectivity index (χ4v) is 2.48. The van der Waals surface area contributed by atoms with Gasteiger partial charge in [-0.3, -0.25) is 0 Å². The van der Waals surface area contributed by atoms with E-state index >= 15 is 0 Å². The second-order valence-corrected chi connectivity index (χ2v) is 4.90. The molecule has 2 rings (SSSR count). The van der Waals surface area contributed by atoms with Crippen LogP contribution >= 0.6 is 0 Å². The molecule has 1 unspecified atom stereocenters. The Balaban J connectivity index is 1.81. The summed E-state index contributed by atoms with van der Waals surface area (Å²) in [5.41, 5.74) is 0. The Bertz CT molecular complexity index is 389. The third-order valence-corrected chi connectivity index (χ3v) is 3.43.